The highest BCUT2D eigenvalue weighted by atomic mass is 16.4. The summed E-state index contributed by atoms with van der Waals surface area (Å²) in [5, 5.41) is 19.0. The van der Waals surface area contributed by atoms with Gasteiger partial charge in [-0.05, 0) is 17.2 Å². The molecule has 0 saturated carbocycles. The molecule has 0 spiro atoms. The van der Waals surface area contributed by atoms with Crippen molar-refractivity contribution in [1.29, 1.82) is 5.41 Å². The fraction of sp³-hybridized carbons (Fsp3) is 0.0625. The van der Waals surface area contributed by atoms with Crippen LogP contribution in [-0.4, -0.2) is 30.1 Å². The topological polar surface area (TPSA) is 90.2 Å². The predicted octanol–water partition coefficient (Wildman–Crippen LogP) is 2.66. The number of hydrogen-bond donors (Lipinski definition) is 3. The van der Waals surface area contributed by atoms with Crippen molar-refractivity contribution in [2.45, 2.75) is 0 Å². The lowest BCUT2D eigenvalue weighted by molar-refractivity contribution is -0.131. The summed E-state index contributed by atoms with van der Waals surface area (Å²) in [6, 6.07) is 12.0. The number of carboxylic acid groups (broad SMARTS) is 1. The Bertz CT molecular complexity index is 706. The summed E-state index contributed by atoms with van der Waals surface area (Å²) < 4.78 is 0. The van der Waals surface area contributed by atoms with Crippen LogP contribution in [0.2, 0.25) is 0 Å². The van der Waals surface area contributed by atoms with Crippen LogP contribution in [0.5, 0.6) is 0 Å². The van der Waals surface area contributed by atoms with Gasteiger partial charge in [-0.15, -0.1) is 0 Å². The molecule has 2 rings (SSSR count). The molecular weight excluding hydrogens is 268 g/mol. The van der Waals surface area contributed by atoms with Crippen molar-refractivity contribution in [3.8, 4) is 11.1 Å². The summed E-state index contributed by atoms with van der Waals surface area (Å²) in [5.74, 6) is -2.38. The molecule has 0 unspecified atom stereocenters. The third kappa shape index (κ3) is 2.97. The Morgan fingerprint density at radius 3 is 2.24 bits per heavy atom. The van der Waals surface area contributed by atoms with E-state index in [-0.39, 0.29) is 5.56 Å². The molecule has 0 aliphatic rings. The maximum Gasteiger partial charge on any atom is 0.377 e. The first-order chi connectivity index (χ1) is 10.1. The molecule has 0 bridgehead atoms. The summed E-state index contributed by atoms with van der Waals surface area (Å²) in [4.78, 5) is 22.0. The van der Waals surface area contributed by atoms with Crippen LogP contribution in [0.15, 0.2) is 42.5 Å². The molecule has 5 heteroatoms. The van der Waals surface area contributed by atoms with E-state index in [4.69, 9.17) is 10.5 Å². The van der Waals surface area contributed by atoms with Crippen molar-refractivity contribution < 1.29 is 14.7 Å². The van der Waals surface area contributed by atoms with Gasteiger partial charge in [-0.1, -0.05) is 36.4 Å². The van der Waals surface area contributed by atoms with Gasteiger partial charge in [-0.3, -0.25) is 4.79 Å². The zero-order valence-electron chi connectivity index (χ0n) is 11.4. The fourth-order valence-electron chi connectivity index (χ4n) is 2.02. The van der Waals surface area contributed by atoms with Crippen molar-refractivity contribution >= 4 is 23.7 Å². The smallest absolute Gasteiger partial charge is 0.377 e. The highest BCUT2D eigenvalue weighted by Gasteiger charge is 2.14. The first kappa shape index (κ1) is 14.5. The molecule has 0 saturated heterocycles. The van der Waals surface area contributed by atoms with Crippen molar-refractivity contribution in [2.75, 3.05) is 12.4 Å². The summed E-state index contributed by atoms with van der Waals surface area (Å²) in [6.07, 6.45) is 1.27. The Kier molecular flexibility index (Phi) is 4.13. The summed E-state index contributed by atoms with van der Waals surface area (Å²) in [7, 11) is 1.78. The van der Waals surface area contributed by atoms with Gasteiger partial charge in [0, 0.05) is 30.1 Å². The number of benzene rings is 2. The maximum atomic E-state index is 11.3. The molecule has 0 aliphatic heterocycles. The largest absolute Gasteiger partial charge is 0.475 e. The number of Topliss-reactive ketones (excluding diaryl/α,β-unsaturated/α-hetero) is 1. The van der Waals surface area contributed by atoms with Gasteiger partial charge in [-0.2, -0.15) is 0 Å². The van der Waals surface area contributed by atoms with Gasteiger partial charge in [-0.25, -0.2) is 4.79 Å². The third-order valence-corrected chi connectivity index (χ3v) is 3.15. The second-order valence-corrected chi connectivity index (χ2v) is 4.41. The average Bonchev–Trinajstić information content (AvgIpc) is 2.53. The van der Waals surface area contributed by atoms with Gasteiger partial charge in [0.05, 0.1) is 0 Å². The van der Waals surface area contributed by atoms with Crippen LogP contribution in [0.1, 0.15) is 15.9 Å². The highest BCUT2D eigenvalue weighted by molar-refractivity contribution is 6.39. The predicted molar refractivity (Wildman–Crippen MR) is 81.3 cm³/mol. The SMILES string of the molecule is CNc1cc(-c2ccc(C(=O)C(=O)O)cc2)ccc1C=N. The summed E-state index contributed by atoms with van der Waals surface area (Å²) >= 11 is 0. The fourth-order valence-corrected chi connectivity index (χ4v) is 2.02. The first-order valence-electron chi connectivity index (χ1n) is 6.27. The molecule has 2 aromatic carbocycles. The highest BCUT2D eigenvalue weighted by Crippen LogP contribution is 2.25. The number of anilines is 1. The van der Waals surface area contributed by atoms with Crippen molar-refractivity contribution in [2.24, 2.45) is 0 Å². The Balaban J connectivity index is 2.37. The van der Waals surface area contributed by atoms with E-state index in [0.717, 1.165) is 22.4 Å². The van der Waals surface area contributed by atoms with E-state index in [1.54, 1.807) is 19.2 Å². The lowest BCUT2D eigenvalue weighted by Gasteiger charge is -2.09. The molecule has 0 atom stereocenters. The number of hydrogen-bond acceptors (Lipinski definition) is 4. The molecule has 3 N–H and O–H groups in total. The number of carbonyl (C=O) groups excluding carboxylic acids is 1. The van der Waals surface area contributed by atoms with E-state index < -0.39 is 11.8 Å². The van der Waals surface area contributed by atoms with Crippen LogP contribution in [0, 0.1) is 5.41 Å². The van der Waals surface area contributed by atoms with Gasteiger partial charge < -0.3 is 15.8 Å². The lowest BCUT2D eigenvalue weighted by atomic mass is 10.0. The van der Waals surface area contributed by atoms with Gasteiger partial charge >= 0.3 is 5.97 Å². The zero-order valence-corrected chi connectivity index (χ0v) is 11.4. The second-order valence-electron chi connectivity index (χ2n) is 4.41. The van der Waals surface area contributed by atoms with E-state index >= 15 is 0 Å². The van der Waals surface area contributed by atoms with Gasteiger partial charge in [0.2, 0.25) is 0 Å². The summed E-state index contributed by atoms with van der Waals surface area (Å²) in [5.41, 5.74) is 3.53. The number of ketones is 1. The average molecular weight is 282 g/mol. The van der Waals surface area contributed by atoms with Gasteiger partial charge in [0.1, 0.15) is 0 Å². The van der Waals surface area contributed by atoms with Crippen molar-refractivity contribution in [3.63, 3.8) is 0 Å². The van der Waals surface area contributed by atoms with Crippen molar-refractivity contribution in [3.05, 3.63) is 53.6 Å². The quantitative estimate of drug-likeness (QED) is 0.447. The zero-order chi connectivity index (χ0) is 15.4. The van der Waals surface area contributed by atoms with Crippen LogP contribution in [-0.2, 0) is 4.79 Å². The van der Waals surface area contributed by atoms with Crippen LogP contribution >= 0.6 is 0 Å². The number of carbonyl (C=O) groups is 2. The van der Waals surface area contributed by atoms with Crippen molar-refractivity contribution in [1.82, 2.24) is 0 Å². The molecule has 0 aliphatic carbocycles. The van der Waals surface area contributed by atoms with Crippen LogP contribution in [0.25, 0.3) is 11.1 Å². The second kappa shape index (κ2) is 6.00. The van der Waals surface area contributed by atoms with Gasteiger partial charge in [0.25, 0.3) is 5.78 Å². The van der Waals surface area contributed by atoms with E-state index in [0.29, 0.717) is 0 Å². The molecule has 2 aromatic rings. The minimum Gasteiger partial charge on any atom is -0.475 e. The van der Waals surface area contributed by atoms with E-state index in [2.05, 4.69) is 5.32 Å². The number of rotatable bonds is 5. The van der Waals surface area contributed by atoms with Crippen LogP contribution in [0.4, 0.5) is 5.69 Å². The molecular formula is C16H14N2O3. The molecule has 106 valence electrons. The van der Waals surface area contributed by atoms with E-state index in [9.17, 15) is 9.59 Å². The normalized spacial score (nSPS) is 9.95. The standard InChI is InChI=1S/C16H14N2O3/c1-18-14-8-12(6-7-13(14)9-17)10-2-4-11(5-3-10)15(19)16(20)21/h2-9,17-18H,1H3,(H,20,21). The Morgan fingerprint density at radius 2 is 1.71 bits per heavy atom. The number of carboxylic acids is 1. The third-order valence-electron chi connectivity index (χ3n) is 3.15. The Labute approximate surface area is 121 Å². The molecule has 0 heterocycles. The molecule has 0 amide bonds. The molecule has 5 nitrogen and oxygen atoms in total. The maximum absolute atomic E-state index is 11.3. The molecule has 21 heavy (non-hydrogen) atoms. The van der Waals surface area contributed by atoms with Crippen LogP contribution in [0.3, 0.4) is 0 Å². The van der Waals surface area contributed by atoms with E-state index in [1.165, 1.54) is 18.3 Å². The first-order valence-corrected chi connectivity index (χ1v) is 6.27. The molecule has 0 aromatic heterocycles. The minimum absolute atomic E-state index is 0.149. The monoisotopic (exact) mass is 282 g/mol. The number of aliphatic carboxylic acids is 1. The molecule has 0 radical (unpaired) electrons. The number of nitrogens with one attached hydrogen (secondary N) is 2. The Morgan fingerprint density at radius 1 is 1.10 bits per heavy atom. The van der Waals surface area contributed by atoms with E-state index in [1.807, 2.05) is 18.2 Å². The summed E-state index contributed by atoms with van der Waals surface area (Å²) in [6.45, 7) is 0. The van der Waals surface area contributed by atoms with Crippen LogP contribution < -0.4 is 5.32 Å². The Hall–Kier alpha value is -2.95. The van der Waals surface area contributed by atoms with Gasteiger partial charge in [0.15, 0.2) is 0 Å². The molecule has 0 fully saturated rings. The lowest BCUT2D eigenvalue weighted by Crippen LogP contribution is -2.12. The minimum atomic E-state index is -1.46.